The van der Waals surface area contributed by atoms with Gasteiger partial charge >= 0.3 is 0 Å². The van der Waals surface area contributed by atoms with E-state index in [0.717, 1.165) is 41.0 Å². The molecule has 0 unspecified atom stereocenters. The van der Waals surface area contributed by atoms with Crippen LogP contribution in [0.1, 0.15) is 44.6 Å². The van der Waals surface area contributed by atoms with E-state index in [-0.39, 0.29) is 18.5 Å². The largest absolute Gasteiger partial charge is 0.463 e. The lowest BCUT2D eigenvalue weighted by atomic mass is 10.0. The Morgan fingerprint density at radius 2 is 2.00 bits per heavy atom. The van der Waals surface area contributed by atoms with Crippen LogP contribution in [0.5, 0.6) is 0 Å². The minimum Gasteiger partial charge on any atom is -0.463 e. The number of anilines is 1. The molecule has 0 saturated carbocycles. The highest BCUT2D eigenvalue weighted by molar-refractivity contribution is 7.17. The van der Waals surface area contributed by atoms with Gasteiger partial charge in [0.2, 0.25) is 0 Å². The molecule has 0 spiro atoms. The van der Waals surface area contributed by atoms with Crippen LogP contribution in [0, 0.1) is 0 Å². The van der Waals surface area contributed by atoms with Gasteiger partial charge in [0.25, 0.3) is 11.8 Å². The predicted molar refractivity (Wildman–Crippen MR) is 107 cm³/mol. The quantitative estimate of drug-likeness (QED) is 0.571. The molecule has 1 atom stereocenters. The molecule has 3 aromatic rings. The third-order valence-electron chi connectivity index (χ3n) is 4.97. The van der Waals surface area contributed by atoms with Crippen molar-refractivity contribution in [2.45, 2.75) is 25.3 Å². The van der Waals surface area contributed by atoms with E-state index in [4.69, 9.17) is 10.2 Å². The molecule has 144 valence electrons. The minimum absolute atomic E-state index is 0.120. The van der Waals surface area contributed by atoms with Crippen molar-refractivity contribution in [1.29, 1.82) is 0 Å². The summed E-state index contributed by atoms with van der Waals surface area (Å²) >= 11 is 1.47. The molecular weight excluding hydrogens is 374 g/mol. The van der Waals surface area contributed by atoms with E-state index in [9.17, 15) is 9.59 Å². The lowest BCUT2D eigenvalue weighted by Gasteiger charge is -2.14. The van der Waals surface area contributed by atoms with E-state index in [2.05, 4.69) is 5.32 Å². The summed E-state index contributed by atoms with van der Waals surface area (Å²) in [5.41, 5.74) is 8.11. The summed E-state index contributed by atoms with van der Waals surface area (Å²) in [6.45, 7) is 0.195. The second-order valence-electron chi connectivity index (χ2n) is 6.82. The third-order valence-corrected chi connectivity index (χ3v) is 6.18. The summed E-state index contributed by atoms with van der Waals surface area (Å²) < 4.78 is 5.57. The van der Waals surface area contributed by atoms with Crippen LogP contribution in [0.25, 0.3) is 0 Å². The second-order valence-corrected chi connectivity index (χ2v) is 7.92. The lowest BCUT2D eigenvalue weighted by Crippen LogP contribution is -2.87. The SMILES string of the molecule is NC(=O)c1c(NC(=O)C[NH2+][C@H](c2ccccc2)c2ccco2)sc2c1CCC2. The molecule has 2 aromatic heterocycles. The van der Waals surface area contributed by atoms with Gasteiger partial charge in [0.15, 0.2) is 18.3 Å². The number of nitrogens with two attached hydrogens (primary N) is 2. The van der Waals surface area contributed by atoms with Crippen LogP contribution in [-0.4, -0.2) is 18.4 Å². The Balaban J connectivity index is 1.47. The maximum Gasteiger partial charge on any atom is 0.280 e. The Bertz CT molecular complexity index is 980. The zero-order chi connectivity index (χ0) is 19.5. The van der Waals surface area contributed by atoms with Crippen molar-refractivity contribution >= 4 is 28.2 Å². The van der Waals surface area contributed by atoms with Crippen LogP contribution in [0.2, 0.25) is 0 Å². The number of quaternary nitrogens is 1. The van der Waals surface area contributed by atoms with E-state index in [0.29, 0.717) is 10.6 Å². The van der Waals surface area contributed by atoms with Gasteiger partial charge in [0.1, 0.15) is 5.00 Å². The Labute approximate surface area is 166 Å². The number of nitrogens with one attached hydrogen (secondary N) is 1. The van der Waals surface area contributed by atoms with Gasteiger partial charge in [0.05, 0.1) is 11.8 Å². The Hall–Kier alpha value is -2.90. The Kier molecular flexibility index (Phi) is 5.27. The van der Waals surface area contributed by atoms with Gasteiger partial charge in [-0.25, -0.2) is 0 Å². The van der Waals surface area contributed by atoms with E-state index in [1.54, 1.807) is 6.26 Å². The number of aryl methyl sites for hydroxylation is 1. The fourth-order valence-corrected chi connectivity index (χ4v) is 5.01. The van der Waals surface area contributed by atoms with Crippen molar-refractivity contribution in [3.8, 4) is 0 Å². The van der Waals surface area contributed by atoms with Gasteiger partial charge in [-0.3, -0.25) is 9.59 Å². The molecule has 0 saturated heterocycles. The monoisotopic (exact) mass is 396 g/mol. The molecule has 0 aliphatic heterocycles. The van der Waals surface area contributed by atoms with Crippen molar-refractivity contribution < 1.29 is 19.3 Å². The number of furan rings is 1. The van der Waals surface area contributed by atoms with Crippen molar-refractivity contribution in [2.24, 2.45) is 5.73 Å². The van der Waals surface area contributed by atoms with Crippen molar-refractivity contribution in [3.63, 3.8) is 0 Å². The summed E-state index contributed by atoms with van der Waals surface area (Å²) in [6, 6.07) is 13.5. The Morgan fingerprint density at radius 3 is 2.71 bits per heavy atom. The second kappa shape index (κ2) is 8.00. The van der Waals surface area contributed by atoms with Crippen molar-refractivity contribution in [2.75, 3.05) is 11.9 Å². The summed E-state index contributed by atoms with van der Waals surface area (Å²) in [4.78, 5) is 25.6. The minimum atomic E-state index is -0.476. The molecule has 2 amide bonds. The summed E-state index contributed by atoms with van der Waals surface area (Å²) in [7, 11) is 0. The van der Waals surface area contributed by atoms with Crippen LogP contribution < -0.4 is 16.4 Å². The number of carbonyl (C=O) groups excluding carboxylic acids is 2. The first-order chi connectivity index (χ1) is 13.6. The molecule has 1 aromatic carbocycles. The molecular formula is C21H22N3O3S+. The molecule has 0 bridgehead atoms. The fraction of sp³-hybridized carbons (Fsp3) is 0.238. The van der Waals surface area contributed by atoms with Crippen LogP contribution >= 0.6 is 11.3 Å². The van der Waals surface area contributed by atoms with E-state index in [1.807, 2.05) is 47.8 Å². The number of amides is 2. The van der Waals surface area contributed by atoms with Gasteiger partial charge in [-0.1, -0.05) is 30.3 Å². The number of thiophene rings is 1. The number of benzene rings is 1. The van der Waals surface area contributed by atoms with E-state index >= 15 is 0 Å². The third kappa shape index (κ3) is 3.72. The number of carbonyl (C=O) groups is 2. The van der Waals surface area contributed by atoms with Crippen molar-refractivity contribution in [3.05, 3.63) is 76.1 Å². The molecule has 1 aliphatic rings. The topological polar surface area (TPSA) is 102 Å². The van der Waals surface area contributed by atoms with Gasteiger partial charge in [-0.05, 0) is 37.0 Å². The highest BCUT2D eigenvalue weighted by Crippen LogP contribution is 2.38. The normalized spacial score (nSPS) is 13.9. The summed E-state index contributed by atoms with van der Waals surface area (Å²) in [5, 5.41) is 5.39. The van der Waals surface area contributed by atoms with Gasteiger partial charge in [0, 0.05) is 10.4 Å². The molecule has 1 aliphatic carbocycles. The van der Waals surface area contributed by atoms with Gasteiger partial charge in [-0.15, -0.1) is 11.3 Å². The van der Waals surface area contributed by atoms with Crippen LogP contribution in [0.3, 0.4) is 0 Å². The average Bonchev–Trinajstić information content (AvgIpc) is 3.40. The number of hydrogen-bond acceptors (Lipinski definition) is 4. The van der Waals surface area contributed by atoms with Crippen LogP contribution in [0.15, 0.2) is 53.1 Å². The van der Waals surface area contributed by atoms with Gasteiger partial charge < -0.3 is 20.8 Å². The number of fused-ring (bicyclic) bond motifs is 1. The predicted octanol–water partition coefficient (Wildman–Crippen LogP) is 2.22. The maximum absolute atomic E-state index is 12.6. The van der Waals surface area contributed by atoms with Gasteiger partial charge in [-0.2, -0.15) is 0 Å². The standard InChI is InChI=1S/C21H21N3O3S/c22-20(26)18-14-8-4-10-16(14)28-21(18)24-17(25)12-23-19(15-9-5-11-27-15)13-6-2-1-3-7-13/h1-3,5-7,9,11,19,23H,4,8,10,12H2,(H2,22,26)(H,24,25)/p+1/t19-/m1/s1. The smallest absolute Gasteiger partial charge is 0.280 e. The first-order valence-electron chi connectivity index (χ1n) is 9.29. The maximum atomic E-state index is 12.6. The number of rotatable bonds is 7. The highest BCUT2D eigenvalue weighted by Gasteiger charge is 2.27. The zero-order valence-electron chi connectivity index (χ0n) is 15.3. The van der Waals surface area contributed by atoms with Crippen LogP contribution in [-0.2, 0) is 17.6 Å². The van der Waals surface area contributed by atoms with Crippen molar-refractivity contribution in [1.82, 2.24) is 0 Å². The number of primary amides is 1. The van der Waals surface area contributed by atoms with E-state index in [1.165, 1.54) is 11.3 Å². The molecule has 5 N–H and O–H groups in total. The van der Waals surface area contributed by atoms with E-state index < -0.39 is 5.91 Å². The molecule has 0 fully saturated rings. The summed E-state index contributed by atoms with van der Waals surface area (Å²) in [6.07, 6.45) is 4.45. The molecule has 28 heavy (non-hydrogen) atoms. The molecule has 2 heterocycles. The molecule has 0 radical (unpaired) electrons. The average molecular weight is 396 g/mol. The first-order valence-corrected chi connectivity index (χ1v) is 10.1. The first kappa shape index (κ1) is 18.5. The molecule has 4 rings (SSSR count). The zero-order valence-corrected chi connectivity index (χ0v) is 16.1. The van der Waals surface area contributed by atoms with Crippen LogP contribution in [0.4, 0.5) is 5.00 Å². The fourth-order valence-electron chi connectivity index (χ4n) is 3.70. The molecule has 7 heteroatoms. The summed E-state index contributed by atoms with van der Waals surface area (Å²) in [5.74, 6) is 0.137. The lowest BCUT2D eigenvalue weighted by molar-refractivity contribution is -0.678. The Morgan fingerprint density at radius 1 is 1.18 bits per heavy atom. The highest BCUT2D eigenvalue weighted by atomic mass is 32.1. The molecule has 6 nitrogen and oxygen atoms in total. The number of hydrogen-bond donors (Lipinski definition) is 3.